The molecule has 0 saturated carbocycles. The summed E-state index contributed by atoms with van der Waals surface area (Å²) in [6, 6.07) is 18.2. The minimum absolute atomic E-state index is 0.0525. The molecule has 4 rings (SSSR count). The van der Waals surface area contributed by atoms with Gasteiger partial charge < -0.3 is 10.1 Å². The van der Waals surface area contributed by atoms with Gasteiger partial charge in [0.15, 0.2) is 0 Å². The molecular weight excluding hydrogens is 464 g/mol. The van der Waals surface area contributed by atoms with E-state index in [0.29, 0.717) is 24.7 Å². The molecule has 3 aromatic rings. The highest BCUT2D eigenvalue weighted by atomic mass is 79.9. The maximum absolute atomic E-state index is 12.1. The van der Waals surface area contributed by atoms with Gasteiger partial charge in [-0.15, -0.1) is 0 Å². The maximum Gasteiger partial charge on any atom is 0.407 e. The third kappa shape index (κ3) is 4.51. The fourth-order valence-electron chi connectivity index (χ4n) is 3.54. The van der Waals surface area contributed by atoms with Crippen LogP contribution in [0.5, 0.6) is 0 Å². The Morgan fingerprint density at radius 2 is 1.80 bits per heavy atom. The number of hydrogen-bond donors (Lipinski definition) is 1. The molecular formula is C24H18BrClN2O2. The largest absolute Gasteiger partial charge is 0.449 e. The molecule has 0 saturated heterocycles. The van der Waals surface area contributed by atoms with E-state index < -0.39 is 6.09 Å². The number of pyridine rings is 1. The molecule has 1 aromatic heterocycles. The summed E-state index contributed by atoms with van der Waals surface area (Å²) in [5, 5.41) is 3.14. The second-order valence-electron chi connectivity index (χ2n) is 6.79. The van der Waals surface area contributed by atoms with Crippen molar-refractivity contribution in [3.63, 3.8) is 0 Å². The molecule has 4 nitrogen and oxygen atoms in total. The van der Waals surface area contributed by atoms with Gasteiger partial charge in [0.25, 0.3) is 0 Å². The van der Waals surface area contributed by atoms with Crippen molar-refractivity contribution in [3.05, 3.63) is 87.1 Å². The van der Waals surface area contributed by atoms with Gasteiger partial charge >= 0.3 is 6.09 Å². The second-order valence-corrected chi connectivity index (χ2v) is 8.03. The van der Waals surface area contributed by atoms with Crippen LogP contribution in [0.4, 0.5) is 4.79 Å². The highest BCUT2D eigenvalue weighted by molar-refractivity contribution is 9.10. The van der Waals surface area contributed by atoms with Gasteiger partial charge in [0.05, 0.1) is 4.47 Å². The van der Waals surface area contributed by atoms with Crippen molar-refractivity contribution in [2.24, 2.45) is 0 Å². The number of fused-ring (bicyclic) bond motifs is 3. The number of carbonyl (C=O) groups is 1. The van der Waals surface area contributed by atoms with Crippen molar-refractivity contribution in [1.82, 2.24) is 10.3 Å². The zero-order chi connectivity index (χ0) is 20.9. The quantitative estimate of drug-likeness (QED) is 0.292. The Morgan fingerprint density at radius 3 is 2.50 bits per heavy atom. The summed E-state index contributed by atoms with van der Waals surface area (Å²) in [5.41, 5.74) is 5.56. The summed E-state index contributed by atoms with van der Waals surface area (Å²) in [4.78, 5) is 16.1. The fourth-order valence-corrected chi connectivity index (χ4v) is 4.02. The number of nitrogens with zero attached hydrogens (tertiary/aromatic N) is 1. The van der Waals surface area contributed by atoms with Gasteiger partial charge in [-0.3, -0.25) is 0 Å². The van der Waals surface area contributed by atoms with E-state index in [4.69, 9.17) is 16.3 Å². The van der Waals surface area contributed by atoms with Crippen LogP contribution in [-0.2, 0) is 4.74 Å². The van der Waals surface area contributed by atoms with Crippen LogP contribution in [-0.4, -0.2) is 24.2 Å². The Balaban J connectivity index is 1.30. The average molecular weight is 482 g/mol. The lowest BCUT2D eigenvalue weighted by Gasteiger charge is -2.14. The average Bonchev–Trinajstić information content (AvgIpc) is 3.08. The van der Waals surface area contributed by atoms with Crippen LogP contribution in [0.15, 0.2) is 65.3 Å². The van der Waals surface area contributed by atoms with E-state index in [1.165, 1.54) is 22.3 Å². The maximum atomic E-state index is 12.1. The number of hydrogen-bond acceptors (Lipinski definition) is 3. The lowest BCUT2D eigenvalue weighted by atomic mass is 9.98. The molecule has 0 fully saturated rings. The summed E-state index contributed by atoms with van der Waals surface area (Å²) >= 11 is 9.26. The Morgan fingerprint density at radius 1 is 1.13 bits per heavy atom. The predicted molar refractivity (Wildman–Crippen MR) is 122 cm³/mol. The molecule has 6 heteroatoms. The molecule has 1 N–H and O–H groups in total. The van der Waals surface area contributed by atoms with Crippen molar-refractivity contribution in [2.75, 3.05) is 13.2 Å². The molecule has 1 amide bonds. The first-order valence-electron chi connectivity index (χ1n) is 9.52. The van der Waals surface area contributed by atoms with Gasteiger partial charge in [0.2, 0.25) is 0 Å². The summed E-state index contributed by atoms with van der Waals surface area (Å²) in [5.74, 6) is 6.08. The zero-order valence-corrected chi connectivity index (χ0v) is 18.3. The van der Waals surface area contributed by atoms with Gasteiger partial charge in [-0.1, -0.05) is 72.0 Å². The van der Waals surface area contributed by atoms with Crippen LogP contribution in [0.25, 0.3) is 11.1 Å². The number of nitrogens with one attached hydrogen (secondary N) is 1. The Labute approximate surface area is 188 Å². The van der Waals surface area contributed by atoms with E-state index in [9.17, 15) is 4.79 Å². The number of amides is 1. The van der Waals surface area contributed by atoms with Crippen LogP contribution in [0.1, 0.15) is 29.0 Å². The fraction of sp³-hybridized carbons (Fsp3) is 0.167. The molecule has 0 radical (unpaired) electrons. The topological polar surface area (TPSA) is 51.2 Å². The van der Waals surface area contributed by atoms with Crippen molar-refractivity contribution in [2.45, 2.75) is 12.3 Å². The molecule has 1 aliphatic rings. The summed E-state index contributed by atoms with van der Waals surface area (Å²) in [7, 11) is 0. The van der Waals surface area contributed by atoms with E-state index in [1.807, 2.05) is 24.3 Å². The number of ether oxygens (including phenoxy) is 1. The molecule has 30 heavy (non-hydrogen) atoms. The van der Waals surface area contributed by atoms with Gasteiger partial charge in [0.1, 0.15) is 11.8 Å². The van der Waals surface area contributed by atoms with Crippen molar-refractivity contribution < 1.29 is 9.53 Å². The first kappa shape index (κ1) is 20.5. The first-order valence-corrected chi connectivity index (χ1v) is 10.7. The molecule has 150 valence electrons. The number of rotatable bonds is 4. The van der Waals surface area contributed by atoms with Crippen LogP contribution < -0.4 is 5.32 Å². The van der Waals surface area contributed by atoms with Crippen molar-refractivity contribution in [1.29, 1.82) is 0 Å². The van der Waals surface area contributed by atoms with Crippen LogP contribution in [0.3, 0.4) is 0 Å². The molecule has 0 unspecified atom stereocenters. The lowest BCUT2D eigenvalue weighted by Crippen LogP contribution is -2.26. The van der Waals surface area contributed by atoms with Crippen LogP contribution in [0.2, 0.25) is 5.15 Å². The van der Waals surface area contributed by atoms with Crippen LogP contribution in [0, 0.1) is 11.8 Å². The van der Waals surface area contributed by atoms with Gasteiger partial charge in [0, 0.05) is 30.6 Å². The molecule has 0 spiro atoms. The minimum Gasteiger partial charge on any atom is -0.449 e. The summed E-state index contributed by atoms with van der Waals surface area (Å²) in [6.45, 7) is 0.702. The third-order valence-corrected chi connectivity index (χ3v) is 5.75. The molecule has 1 heterocycles. The van der Waals surface area contributed by atoms with Gasteiger partial charge in [-0.2, -0.15) is 0 Å². The molecule has 2 aromatic carbocycles. The molecule has 0 aliphatic heterocycles. The third-order valence-electron chi connectivity index (χ3n) is 4.91. The standard InChI is InChI=1S/C24H18BrClN2O2/c25-22-14-28-23(26)13-16(22)7-5-6-12-27-24(29)30-15-21-19-10-3-1-8-17(19)18-9-2-4-11-20(18)21/h1-4,8-11,13-14,21H,6,12,15H2,(H,27,29). The number of benzene rings is 2. The Bertz CT molecular complexity index is 1110. The highest BCUT2D eigenvalue weighted by Gasteiger charge is 2.28. The lowest BCUT2D eigenvalue weighted by molar-refractivity contribution is 0.143. The zero-order valence-electron chi connectivity index (χ0n) is 16.0. The van der Waals surface area contributed by atoms with E-state index in [1.54, 1.807) is 12.3 Å². The van der Waals surface area contributed by atoms with Gasteiger partial charge in [-0.25, -0.2) is 9.78 Å². The van der Waals surface area contributed by atoms with E-state index in [2.05, 4.69) is 62.3 Å². The number of alkyl carbamates (subject to hydrolysis) is 1. The van der Waals surface area contributed by atoms with E-state index in [0.717, 1.165) is 10.0 Å². The van der Waals surface area contributed by atoms with Gasteiger partial charge in [-0.05, 0) is 44.3 Å². The summed E-state index contributed by atoms with van der Waals surface area (Å²) < 4.78 is 6.29. The molecule has 0 bridgehead atoms. The Kier molecular flexibility index (Phi) is 6.37. The van der Waals surface area contributed by atoms with Crippen LogP contribution >= 0.6 is 27.5 Å². The predicted octanol–water partition coefficient (Wildman–Crippen LogP) is 5.78. The number of halogens is 2. The normalized spacial score (nSPS) is 11.8. The van der Waals surface area contributed by atoms with E-state index >= 15 is 0 Å². The van der Waals surface area contributed by atoms with Crippen molar-refractivity contribution in [3.8, 4) is 23.0 Å². The minimum atomic E-state index is -0.438. The molecule has 0 atom stereocenters. The SMILES string of the molecule is O=C(NCCC#Cc1cc(Cl)ncc1Br)OCC1c2ccccc2-c2ccccc21. The monoisotopic (exact) mass is 480 g/mol. The van der Waals surface area contributed by atoms with E-state index in [-0.39, 0.29) is 5.92 Å². The first-order chi connectivity index (χ1) is 14.6. The second kappa shape index (κ2) is 9.34. The number of carbonyl (C=O) groups excluding carboxylic acids is 1. The summed E-state index contributed by atoms with van der Waals surface area (Å²) in [6.07, 6.45) is 1.67. The van der Waals surface area contributed by atoms with Crippen molar-refractivity contribution >= 4 is 33.6 Å². The smallest absolute Gasteiger partial charge is 0.407 e. The molecule has 1 aliphatic carbocycles. The highest BCUT2D eigenvalue weighted by Crippen LogP contribution is 2.44. The number of aromatic nitrogens is 1. The Hall–Kier alpha value is -2.81.